The Balaban J connectivity index is 1.75. The van der Waals surface area contributed by atoms with E-state index in [4.69, 9.17) is 19.2 Å². The average molecular weight is 362 g/mol. The van der Waals surface area contributed by atoms with Gasteiger partial charge in [-0.05, 0) is 45.3 Å². The third-order valence-corrected chi connectivity index (χ3v) is 5.86. The second kappa shape index (κ2) is 7.39. The topological polar surface area (TPSA) is 54.4 Å². The number of nitrogens with zero attached hydrogens (tertiary/aromatic N) is 2. The molecule has 0 amide bonds. The van der Waals surface area contributed by atoms with Crippen molar-refractivity contribution < 1.29 is 19.2 Å². The molecule has 0 unspecified atom stereocenters. The van der Waals surface area contributed by atoms with E-state index >= 15 is 0 Å². The molecule has 144 valence electrons. The van der Waals surface area contributed by atoms with E-state index in [2.05, 4.69) is 49.6 Å². The number of aliphatic hydroxyl groups is 1. The molecule has 3 rings (SSSR count). The highest BCUT2D eigenvalue weighted by molar-refractivity contribution is 6.62. The molecule has 26 heavy (non-hydrogen) atoms. The number of piperazine rings is 1. The first kappa shape index (κ1) is 19.5. The maximum absolute atomic E-state index is 9.09. The number of rotatable bonds is 5. The smallest absolute Gasteiger partial charge is 0.494 e. The molecule has 2 saturated heterocycles. The van der Waals surface area contributed by atoms with Gasteiger partial charge in [0.25, 0.3) is 0 Å². The number of hydrogen-bond acceptors (Lipinski definition) is 6. The predicted molar refractivity (Wildman–Crippen MR) is 104 cm³/mol. The van der Waals surface area contributed by atoms with Crippen molar-refractivity contribution in [3.8, 4) is 5.75 Å². The van der Waals surface area contributed by atoms with E-state index in [0.29, 0.717) is 0 Å². The fourth-order valence-electron chi connectivity index (χ4n) is 3.44. The van der Waals surface area contributed by atoms with Crippen molar-refractivity contribution in [2.75, 3.05) is 51.3 Å². The first-order chi connectivity index (χ1) is 12.3. The molecule has 2 aliphatic heterocycles. The zero-order valence-corrected chi connectivity index (χ0v) is 16.6. The summed E-state index contributed by atoms with van der Waals surface area (Å²) in [5, 5.41) is 9.09. The van der Waals surface area contributed by atoms with Gasteiger partial charge in [-0.2, -0.15) is 0 Å². The van der Waals surface area contributed by atoms with Crippen LogP contribution in [0.3, 0.4) is 0 Å². The molecular weight excluding hydrogens is 331 g/mol. The molecule has 1 aromatic carbocycles. The summed E-state index contributed by atoms with van der Waals surface area (Å²) < 4.78 is 18.0. The summed E-state index contributed by atoms with van der Waals surface area (Å²) in [4.78, 5) is 4.61. The van der Waals surface area contributed by atoms with Crippen LogP contribution in [0.5, 0.6) is 5.75 Å². The van der Waals surface area contributed by atoms with Crippen molar-refractivity contribution in [3.63, 3.8) is 0 Å². The van der Waals surface area contributed by atoms with Crippen molar-refractivity contribution in [1.29, 1.82) is 0 Å². The summed E-state index contributed by atoms with van der Waals surface area (Å²) >= 11 is 0. The summed E-state index contributed by atoms with van der Waals surface area (Å²) in [6.07, 6.45) is 0. The Hall–Kier alpha value is -1.28. The van der Waals surface area contributed by atoms with E-state index in [0.717, 1.165) is 49.6 Å². The fourth-order valence-corrected chi connectivity index (χ4v) is 3.44. The summed E-state index contributed by atoms with van der Waals surface area (Å²) in [6, 6.07) is 6.19. The number of methoxy groups -OCH3 is 1. The van der Waals surface area contributed by atoms with E-state index in [9.17, 15) is 0 Å². The van der Waals surface area contributed by atoms with E-state index < -0.39 is 0 Å². The van der Waals surface area contributed by atoms with Crippen LogP contribution in [0.25, 0.3) is 0 Å². The van der Waals surface area contributed by atoms with Crippen LogP contribution in [0.1, 0.15) is 27.7 Å². The number of aliphatic hydroxyl groups excluding tert-OH is 1. The Morgan fingerprint density at radius 2 is 1.69 bits per heavy atom. The second-order valence-electron chi connectivity index (χ2n) is 8.07. The van der Waals surface area contributed by atoms with Gasteiger partial charge in [0, 0.05) is 32.7 Å². The highest BCUT2D eigenvalue weighted by atomic mass is 16.7. The molecule has 1 N–H and O–H groups in total. The van der Waals surface area contributed by atoms with Gasteiger partial charge in [0.2, 0.25) is 0 Å². The van der Waals surface area contributed by atoms with Gasteiger partial charge in [-0.25, -0.2) is 0 Å². The lowest BCUT2D eigenvalue weighted by atomic mass is 9.79. The zero-order chi connectivity index (χ0) is 18.9. The molecule has 0 aromatic heterocycles. The quantitative estimate of drug-likeness (QED) is 0.792. The Morgan fingerprint density at radius 3 is 2.23 bits per heavy atom. The zero-order valence-electron chi connectivity index (χ0n) is 16.6. The molecule has 7 heteroatoms. The minimum Gasteiger partial charge on any atom is -0.495 e. The van der Waals surface area contributed by atoms with E-state index in [1.54, 1.807) is 7.11 Å². The number of hydrogen-bond donors (Lipinski definition) is 1. The third-order valence-electron chi connectivity index (χ3n) is 5.86. The maximum atomic E-state index is 9.09. The summed E-state index contributed by atoms with van der Waals surface area (Å²) in [7, 11) is 1.32. The first-order valence-corrected chi connectivity index (χ1v) is 9.39. The Kier molecular flexibility index (Phi) is 5.54. The lowest BCUT2D eigenvalue weighted by molar-refractivity contribution is 0.00578. The van der Waals surface area contributed by atoms with Crippen molar-refractivity contribution in [3.05, 3.63) is 18.2 Å². The number of benzene rings is 1. The SMILES string of the molecule is COc1cc(B2OC(C)(C)C(C)(C)O2)ccc1N1CCN(CCO)CC1. The molecule has 1 aromatic rings. The van der Waals surface area contributed by atoms with Crippen molar-refractivity contribution in [2.24, 2.45) is 0 Å². The maximum Gasteiger partial charge on any atom is 0.494 e. The molecule has 0 saturated carbocycles. The minimum atomic E-state index is -0.385. The molecule has 2 fully saturated rings. The Labute approximate surface area is 157 Å². The highest BCUT2D eigenvalue weighted by Gasteiger charge is 2.51. The van der Waals surface area contributed by atoms with Gasteiger partial charge >= 0.3 is 7.12 Å². The van der Waals surface area contributed by atoms with Crippen LogP contribution in [-0.4, -0.2) is 74.8 Å². The van der Waals surface area contributed by atoms with Gasteiger partial charge < -0.3 is 24.1 Å². The van der Waals surface area contributed by atoms with Gasteiger partial charge in [0.15, 0.2) is 0 Å². The van der Waals surface area contributed by atoms with E-state index in [1.165, 1.54) is 0 Å². The standard InChI is InChI=1S/C19H31BN2O4/c1-18(2)19(3,4)26-20(25-18)15-6-7-16(17(14-15)24-5)22-10-8-21(9-11-22)12-13-23/h6-7,14,23H,8-13H2,1-5H3. The lowest BCUT2D eigenvalue weighted by Crippen LogP contribution is -2.47. The monoisotopic (exact) mass is 362 g/mol. The van der Waals surface area contributed by atoms with Crippen LogP contribution >= 0.6 is 0 Å². The van der Waals surface area contributed by atoms with Gasteiger partial charge in [0.1, 0.15) is 5.75 Å². The van der Waals surface area contributed by atoms with Crippen molar-refractivity contribution in [1.82, 2.24) is 4.90 Å². The van der Waals surface area contributed by atoms with Gasteiger partial charge in [-0.3, -0.25) is 4.90 Å². The average Bonchev–Trinajstić information content (AvgIpc) is 2.83. The summed E-state index contributed by atoms with van der Waals surface area (Å²) in [5.74, 6) is 0.841. The van der Waals surface area contributed by atoms with Gasteiger partial charge in [-0.1, -0.05) is 6.07 Å². The van der Waals surface area contributed by atoms with Gasteiger partial charge in [0.05, 0.1) is 30.6 Å². The molecule has 2 heterocycles. The first-order valence-electron chi connectivity index (χ1n) is 9.39. The van der Waals surface area contributed by atoms with Crippen LogP contribution in [0.2, 0.25) is 0 Å². The molecule has 0 spiro atoms. The van der Waals surface area contributed by atoms with Crippen molar-refractivity contribution in [2.45, 2.75) is 38.9 Å². The van der Waals surface area contributed by atoms with Crippen molar-refractivity contribution >= 4 is 18.3 Å². The Morgan fingerprint density at radius 1 is 1.08 bits per heavy atom. The second-order valence-corrected chi connectivity index (χ2v) is 8.07. The van der Waals surface area contributed by atoms with Gasteiger partial charge in [-0.15, -0.1) is 0 Å². The summed E-state index contributed by atoms with van der Waals surface area (Å²) in [5.41, 5.74) is 1.36. The molecular formula is C19H31BN2O4. The van der Waals surface area contributed by atoms with Crippen LogP contribution in [0.15, 0.2) is 18.2 Å². The molecule has 0 aliphatic carbocycles. The molecule has 0 radical (unpaired) electrons. The number of β-amino-alcohol motifs (C(OH)–C–C–N with tert-alkyl or cyclic N) is 1. The number of anilines is 1. The molecule has 6 nitrogen and oxygen atoms in total. The minimum absolute atomic E-state index is 0.214. The lowest BCUT2D eigenvalue weighted by Gasteiger charge is -2.36. The van der Waals surface area contributed by atoms with E-state index in [-0.39, 0.29) is 24.9 Å². The van der Waals surface area contributed by atoms with Crippen LogP contribution in [0, 0.1) is 0 Å². The normalized spacial score (nSPS) is 22.7. The highest BCUT2D eigenvalue weighted by Crippen LogP contribution is 2.37. The molecule has 0 bridgehead atoms. The van der Waals surface area contributed by atoms with Crippen LogP contribution in [0.4, 0.5) is 5.69 Å². The number of ether oxygens (including phenoxy) is 1. The van der Waals surface area contributed by atoms with Crippen LogP contribution < -0.4 is 15.1 Å². The largest absolute Gasteiger partial charge is 0.495 e. The molecule has 0 atom stereocenters. The molecule has 2 aliphatic rings. The summed E-state index contributed by atoms with van der Waals surface area (Å²) in [6.45, 7) is 12.9. The van der Waals surface area contributed by atoms with Crippen LogP contribution in [-0.2, 0) is 9.31 Å². The Bertz CT molecular complexity index is 614. The predicted octanol–water partition coefficient (Wildman–Crippen LogP) is 1.11. The third kappa shape index (κ3) is 3.72. The fraction of sp³-hybridized carbons (Fsp3) is 0.684. The van der Waals surface area contributed by atoms with E-state index in [1.807, 2.05) is 6.07 Å².